The van der Waals surface area contributed by atoms with Crippen LogP contribution in [0.5, 0.6) is 0 Å². The van der Waals surface area contributed by atoms with Crippen LogP contribution < -0.4 is 5.32 Å². The fourth-order valence-corrected chi connectivity index (χ4v) is 3.84. The van der Waals surface area contributed by atoms with Crippen LogP contribution in [0.4, 0.5) is 9.93 Å². The van der Waals surface area contributed by atoms with E-state index in [1.165, 1.54) is 11.2 Å². The highest BCUT2D eigenvalue weighted by molar-refractivity contribution is 7.86. The second-order valence-electron chi connectivity index (χ2n) is 5.21. The third kappa shape index (κ3) is 4.85. The fraction of sp³-hybridized carbons (Fsp3) is 0.600. The van der Waals surface area contributed by atoms with Gasteiger partial charge in [0.15, 0.2) is 0 Å². The highest BCUT2D eigenvalue weighted by Gasteiger charge is 2.37. The smallest absolute Gasteiger partial charge is 0.301 e. The number of carbonyl (C=O) groups excluding carboxylic acids is 2. The van der Waals surface area contributed by atoms with Gasteiger partial charge in [0, 0.05) is 6.26 Å². The lowest BCUT2D eigenvalue weighted by molar-refractivity contribution is -0.109. The van der Waals surface area contributed by atoms with Gasteiger partial charge in [0.1, 0.15) is 11.8 Å². The summed E-state index contributed by atoms with van der Waals surface area (Å²) in [4.78, 5) is 25.1. The highest BCUT2D eigenvalue weighted by atomic mass is 32.2. The number of nitrogens with zero attached hydrogens (tertiary/aromatic N) is 3. The first-order chi connectivity index (χ1) is 11.4. The second kappa shape index (κ2) is 9.49. The van der Waals surface area contributed by atoms with E-state index in [1.807, 2.05) is 13.8 Å². The van der Waals surface area contributed by atoms with E-state index >= 15 is 0 Å². The Balaban J connectivity index is 3.07. The number of terminal acetylenes is 1. The van der Waals surface area contributed by atoms with Gasteiger partial charge in [-0.15, -0.1) is 16.6 Å². The molecule has 0 aromatic carbocycles. The van der Waals surface area contributed by atoms with E-state index in [9.17, 15) is 13.8 Å². The Kier molecular flexibility index (Phi) is 8.01. The molecule has 9 heteroatoms. The first-order valence-electron chi connectivity index (χ1n) is 7.61. The number of aldehydes is 1. The van der Waals surface area contributed by atoms with Crippen molar-refractivity contribution in [2.45, 2.75) is 49.4 Å². The van der Waals surface area contributed by atoms with Gasteiger partial charge >= 0.3 is 6.03 Å². The maximum Gasteiger partial charge on any atom is 0.325 e. The van der Waals surface area contributed by atoms with Gasteiger partial charge in [-0.25, -0.2) is 4.79 Å². The molecular weight excluding hydrogens is 348 g/mol. The van der Waals surface area contributed by atoms with E-state index < -0.39 is 22.4 Å². The Hall–Kier alpha value is -1.79. The van der Waals surface area contributed by atoms with Gasteiger partial charge in [-0.3, -0.25) is 9.53 Å². The third-order valence-corrected chi connectivity index (χ3v) is 5.64. The van der Waals surface area contributed by atoms with Crippen LogP contribution in [0.1, 0.15) is 39.5 Å². The summed E-state index contributed by atoms with van der Waals surface area (Å²) in [5.74, 6) is 2.72. The highest BCUT2D eigenvalue weighted by Crippen LogP contribution is 2.28. The monoisotopic (exact) mass is 370 g/mol. The minimum atomic E-state index is -1.27. The average Bonchev–Trinajstić information content (AvgIpc) is 3.01. The van der Waals surface area contributed by atoms with E-state index in [0.29, 0.717) is 23.5 Å². The van der Waals surface area contributed by atoms with Gasteiger partial charge in [0.2, 0.25) is 9.47 Å². The van der Waals surface area contributed by atoms with Gasteiger partial charge in [0.25, 0.3) is 0 Å². The molecule has 132 valence electrons. The molecule has 1 rings (SSSR count). The van der Waals surface area contributed by atoms with Gasteiger partial charge in [-0.2, -0.15) is 0 Å². The summed E-state index contributed by atoms with van der Waals surface area (Å²) in [6, 6.07) is -0.508. The molecule has 0 aliphatic rings. The van der Waals surface area contributed by atoms with Crippen molar-refractivity contribution >= 4 is 39.6 Å². The number of nitrogens with one attached hydrogen (secondary N) is 1. The van der Waals surface area contributed by atoms with E-state index in [0.717, 1.165) is 24.2 Å². The van der Waals surface area contributed by atoms with Crippen molar-refractivity contribution in [3.63, 3.8) is 0 Å². The van der Waals surface area contributed by atoms with Crippen LogP contribution >= 0.6 is 11.3 Å². The van der Waals surface area contributed by atoms with Crippen LogP contribution in [0, 0.1) is 12.3 Å². The number of hydrogen-bond acceptors (Lipinski definition) is 6. The Morgan fingerprint density at radius 1 is 1.42 bits per heavy atom. The van der Waals surface area contributed by atoms with Crippen molar-refractivity contribution in [1.29, 1.82) is 0 Å². The zero-order valence-electron chi connectivity index (χ0n) is 14.1. The zero-order chi connectivity index (χ0) is 18.2. The van der Waals surface area contributed by atoms with Crippen LogP contribution in [-0.4, -0.2) is 50.0 Å². The maximum atomic E-state index is 12.7. The minimum Gasteiger partial charge on any atom is -0.301 e. The average molecular weight is 371 g/mol. The number of aromatic nitrogens is 2. The summed E-state index contributed by atoms with van der Waals surface area (Å²) in [5, 5.41) is 10.4. The van der Waals surface area contributed by atoms with Gasteiger partial charge in [-0.05, 0) is 12.8 Å². The molecule has 7 nitrogen and oxygen atoms in total. The number of amides is 2. The molecule has 0 aliphatic carbocycles. The van der Waals surface area contributed by atoms with Crippen molar-refractivity contribution in [3.8, 4) is 12.3 Å². The molecule has 0 aliphatic heterocycles. The Morgan fingerprint density at radius 2 is 2.04 bits per heavy atom. The number of anilines is 1. The van der Waals surface area contributed by atoms with E-state index in [-0.39, 0.29) is 11.7 Å². The summed E-state index contributed by atoms with van der Waals surface area (Å²) in [7, 11) is -1.27. The van der Waals surface area contributed by atoms with Crippen LogP contribution in [0.25, 0.3) is 0 Å². The van der Waals surface area contributed by atoms with Gasteiger partial charge in [-0.1, -0.05) is 43.9 Å². The zero-order valence-corrected chi connectivity index (χ0v) is 15.7. The molecule has 0 radical (unpaired) electrons. The van der Waals surface area contributed by atoms with Crippen LogP contribution in [0.2, 0.25) is 0 Å². The Bertz CT molecular complexity index is 633. The number of urea groups is 1. The summed E-state index contributed by atoms with van der Waals surface area (Å²) in [6.07, 6.45) is 10.6. The molecule has 1 aromatic rings. The Labute approximate surface area is 148 Å². The van der Waals surface area contributed by atoms with Crippen molar-refractivity contribution in [2.24, 2.45) is 0 Å². The van der Waals surface area contributed by atoms with Crippen LogP contribution in [-0.2, 0) is 15.6 Å². The summed E-state index contributed by atoms with van der Waals surface area (Å²) < 4.78 is 11.7. The first-order valence-corrected chi connectivity index (χ1v) is 9.98. The molecule has 0 saturated carbocycles. The summed E-state index contributed by atoms with van der Waals surface area (Å²) >= 11 is 1.03. The molecule has 1 aromatic heterocycles. The molecule has 1 unspecified atom stereocenters. The third-order valence-electron chi connectivity index (χ3n) is 3.48. The standard InChI is InChI=1S/C15H22N4O3S2/c1-5-8-15(7-3,9-6-2)19(10-11-20)13(21)16-12-17-18-14(23-12)24(4)22/h3,11H,5-6,8-10H2,1-2,4H3,(H,16,17,21). The van der Waals surface area contributed by atoms with E-state index in [1.54, 1.807) is 0 Å². The SMILES string of the molecule is C#CC(CCC)(CCC)N(CC=O)C(=O)Nc1nnc(S(C)=O)s1. The van der Waals surface area contributed by atoms with Crippen LogP contribution in [0.3, 0.4) is 0 Å². The Morgan fingerprint density at radius 3 is 2.46 bits per heavy atom. The topological polar surface area (TPSA) is 92.3 Å². The molecular formula is C15H22N4O3S2. The van der Waals surface area contributed by atoms with Crippen LogP contribution in [0.15, 0.2) is 4.34 Å². The molecule has 0 bridgehead atoms. The molecule has 2 amide bonds. The lowest BCUT2D eigenvalue weighted by Crippen LogP contribution is -2.53. The lowest BCUT2D eigenvalue weighted by Gasteiger charge is -2.39. The van der Waals surface area contributed by atoms with E-state index in [2.05, 4.69) is 21.4 Å². The van der Waals surface area contributed by atoms with Crippen molar-refractivity contribution in [2.75, 3.05) is 18.1 Å². The fourth-order valence-electron chi connectivity index (χ4n) is 2.51. The number of hydrogen-bond donors (Lipinski definition) is 1. The predicted octanol–water partition coefficient (Wildman–Crippen LogP) is 2.28. The molecule has 0 fully saturated rings. The van der Waals surface area contributed by atoms with Crippen molar-refractivity contribution < 1.29 is 13.8 Å². The summed E-state index contributed by atoms with van der Waals surface area (Å²) in [6.45, 7) is 3.85. The normalized spacial score (nSPS) is 12.2. The maximum absolute atomic E-state index is 12.7. The first kappa shape index (κ1) is 20.3. The molecule has 1 N–H and O–H groups in total. The van der Waals surface area contributed by atoms with Crippen molar-refractivity contribution in [3.05, 3.63) is 0 Å². The molecule has 1 heterocycles. The van der Waals surface area contributed by atoms with Gasteiger partial charge in [0.05, 0.1) is 17.3 Å². The molecule has 0 spiro atoms. The molecule has 24 heavy (non-hydrogen) atoms. The van der Waals surface area contributed by atoms with Gasteiger partial charge < -0.3 is 9.69 Å². The second-order valence-corrected chi connectivity index (χ2v) is 7.74. The predicted molar refractivity (Wildman–Crippen MR) is 95.4 cm³/mol. The van der Waals surface area contributed by atoms with E-state index in [4.69, 9.17) is 6.42 Å². The number of rotatable bonds is 9. The summed E-state index contributed by atoms with van der Waals surface area (Å²) in [5.41, 5.74) is -0.824. The quantitative estimate of drug-likeness (QED) is 0.409. The molecule has 1 atom stereocenters. The molecule has 0 saturated heterocycles. The largest absolute Gasteiger partial charge is 0.325 e. The van der Waals surface area contributed by atoms with Crippen molar-refractivity contribution in [1.82, 2.24) is 15.1 Å². The number of carbonyl (C=O) groups is 2. The lowest BCUT2D eigenvalue weighted by atomic mass is 9.87. The minimum absolute atomic E-state index is 0.110.